The maximum absolute atomic E-state index is 11.2. The highest BCUT2D eigenvalue weighted by atomic mass is 16.5. The molecule has 1 unspecified atom stereocenters. The second-order valence-electron chi connectivity index (χ2n) is 5.08. The minimum Gasteiger partial charge on any atom is -0.462 e. The van der Waals surface area contributed by atoms with Crippen LogP contribution in [0.2, 0.25) is 0 Å². The molecule has 0 aromatic heterocycles. The molecule has 0 saturated carbocycles. The third-order valence-electron chi connectivity index (χ3n) is 2.96. The van der Waals surface area contributed by atoms with E-state index in [-0.39, 0.29) is 0 Å². The molecule has 0 saturated heterocycles. The van der Waals surface area contributed by atoms with Crippen LogP contribution in [-0.4, -0.2) is 18.5 Å². The largest absolute Gasteiger partial charge is 0.462 e. The number of rotatable bonds is 6. The van der Waals surface area contributed by atoms with Crippen molar-refractivity contribution < 1.29 is 19.1 Å². The van der Waals surface area contributed by atoms with E-state index in [0.717, 1.165) is 5.56 Å². The first-order valence-corrected chi connectivity index (χ1v) is 7.30. The van der Waals surface area contributed by atoms with Gasteiger partial charge >= 0.3 is 11.9 Å². The maximum Gasteiger partial charge on any atom is 0.338 e. The van der Waals surface area contributed by atoms with Crippen LogP contribution >= 0.6 is 0 Å². The van der Waals surface area contributed by atoms with Gasteiger partial charge in [0, 0.05) is 13.0 Å². The molecule has 0 fully saturated rings. The zero-order valence-electron chi connectivity index (χ0n) is 13.5. The average Bonchev–Trinajstić information content (AvgIpc) is 2.46. The molecule has 22 heavy (non-hydrogen) atoms. The fourth-order valence-corrected chi connectivity index (χ4v) is 1.84. The molecule has 118 valence electrons. The summed E-state index contributed by atoms with van der Waals surface area (Å²) in [4.78, 5) is 22.5. The van der Waals surface area contributed by atoms with E-state index < -0.39 is 18.0 Å². The highest BCUT2D eigenvalue weighted by Crippen LogP contribution is 2.22. The summed E-state index contributed by atoms with van der Waals surface area (Å²) in [5, 5.41) is 0. The lowest BCUT2D eigenvalue weighted by Gasteiger charge is -2.14. The van der Waals surface area contributed by atoms with Gasteiger partial charge in [-0.05, 0) is 24.0 Å². The zero-order chi connectivity index (χ0) is 16.5. The van der Waals surface area contributed by atoms with Crippen molar-refractivity contribution in [3.8, 4) is 0 Å². The number of hydrogen-bond donors (Lipinski definition) is 0. The van der Waals surface area contributed by atoms with Crippen molar-refractivity contribution >= 4 is 11.9 Å². The van der Waals surface area contributed by atoms with Crippen LogP contribution in [-0.2, 0) is 19.1 Å². The number of ether oxygens (including phenoxy) is 2. The van der Waals surface area contributed by atoms with E-state index in [9.17, 15) is 9.59 Å². The van der Waals surface area contributed by atoms with Crippen molar-refractivity contribution in [1.29, 1.82) is 0 Å². The fourth-order valence-electron chi connectivity index (χ4n) is 1.84. The molecule has 0 radical (unpaired) electrons. The molecule has 1 rings (SSSR count). The molecule has 0 N–H and O–H groups in total. The van der Waals surface area contributed by atoms with Crippen LogP contribution in [0.3, 0.4) is 0 Å². The van der Waals surface area contributed by atoms with Crippen LogP contribution < -0.4 is 0 Å². The highest BCUT2D eigenvalue weighted by Gasteiger charge is 2.11. The summed E-state index contributed by atoms with van der Waals surface area (Å²) in [6.45, 7) is 7.61. The Morgan fingerprint density at radius 2 is 1.77 bits per heavy atom. The molecule has 1 aromatic carbocycles. The normalized spacial score (nSPS) is 11.3. The van der Waals surface area contributed by atoms with Gasteiger partial charge in [-0.1, -0.05) is 38.1 Å². The maximum atomic E-state index is 11.2. The third kappa shape index (κ3) is 5.98. The van der Waals surface area contributed by atoms with Crippen LogP contribution in [0.1, 0.15) is 50.8 Å². The molecule has 4 nitrogen and oxygen atoms in total. The van der Waals surface area contributed by atoms with E-state index in [0.29, 0.717) is 12.5 Å². The average molecular weight is 302 g/mol. The molecule has 0 aliphatic rings. The number of benzene rings is 1. The fraction of sp³-hybridized carbons (Fsp3) is 0.389. The summed E-state index contributed by atoms with van der Waals surface area (Å²) in [5.41, 5.74) is 4.74. The summed E-state index contributed by atoms with van der Waals surface area (Å²) < 4.78 is 10.0. The van der Waals surface area contributed by atoms with Crippen LogP contribution in [0.25, 0.3) is 0 Å². The molecular formula is C18H22O4. The van der Waals surface area contributed by atoms with Crippen molar-refractivity contribution in [3.63, 3.8) is 0 Å². The van der Waals surface area contributed by atoms with Crippen LogP contribution in [0.15, 0.2) is 42.1 Å². The summed E-state index contributed by atoms with van der Waals surface area (Å²) in [5.74, 6) is -0.442. The van der Waals surface area contributed by atoms with E-state index in [4.69, 9.17) is 9.47 Å². The second-order valence-corrected chi connectivity index (χ2v) is 5.08. The van der Waals surface area contributed by atoms with Gasteiger partial charge in [-0.25, -0.2) is 4.79 Å². The Hall–Kier alpha value is -2.32. The number of carbonyl (C=O) groups is 2. The quantitative estimate of drug-likeness (QED) is 0.457. The lowest BCUT2D eigenvalue weighted by atomic mass is 10.00. The number of carbonyl (C=O) groups excluding carboxylic acids is 2. The molecule has 0 amide bonds. The minimum absolute atomic E-state index is 0.307. The van der Waals surface area contributed by atoms with E-state index in [1.54, 1.807) is 6.92 Å². The Labute approximate surface area is 131 Å². The Kier molecular flexibility index (Phi) is 7.14. The molecule has 1 atom stereocenters. The Bertz CT molecular complexity index is 563. The predicted octanol–water partition coefficient (Wildman–Crippen LogP) is 3.69. The van der Waals surface area contributed by atoms with Crippen LogP contribution in [0.5, 0.6) is 0 Å². The van der Waals surface area contributed by atoms with Gasteiger partial charge in [0.1, 0.15) is 0 Å². The van der Waals surface area contributed by atoms with Crippen molar-refractivity contribution in [3.05, 3.63) is 53.3 Å². The van der Waals surface area contributed by atoms with Gasteiger partial charge in [-0.2, -0.15) is 0 Å². The van der Waals surface area contributed by atoms with Crippen molar-refractivity contribution in [2.24, 2.45) is 0 Å². The van der Waals surface area contributed by atoms with Gasteiger partial charge in [0.2, 0.25) is 0 Å². The summed E-state index contributed by atoms with van der Waals surface area (Å²) >= 11 is 0. The molecule has 4 heteroatoms. The molecule has 0 aliphatic carbocycles. The topological polar surface area (TPSA) is 52.6 Å². The first kappa shape index (κ1) is 17.7. The van der Waals surface area contributed by atoms with Gasteiger partial charge < -0.3 is 9.47 Å². The SMILES string of the molecule is CCOC(=O)C=C=CC(OC(C)=O)c1ccc(C(C)C)cc1. The second kappa shape index (κ2) is 8.85. The third-order valence-corrected chi connectivity index (χ3v) is 2.96. The Morgan fingerprint density at radius 1 is 1.18 bits per heavy atom. The molecule has 1 aromatic rings. The molecular weight excluding hydrogens is 280 g/mol. The number of esters is 2. The Balaban J connectivity index is 2.95. The summed E-state index contributed by atoms with van der Waals surface area (Å²) in [7, 11) is 0. The minimum atomic E-state index is -0.579. The smallest absolute Gasteiger partial charge is 0.338 e. The highest BCUT2D eigenvalue weighted by molar-refractivity contribution is 5.81. The molecule has 0 heterocycles. The predicted molar refractivity (Wildman–Crippen MR) is 84.3 cm³/mol. The van der Waals surface area contributed by atoms with Gasteiger partial charge in [-0.3, -0.25) is 4.79 Å². The van der Waals surface area contributed by atoms with E-state index in [1.165, 1.54) is 24.6 Å². The molecule has 0 bridgehead atoms. The standard InChI is InChI=1S/C18H22O4/c1-5-21-18(20)8-6-7-17(22-14(4)19)16-11-9-15(10-12-16)13(2)3/h7-13,17H,5H2,1-4H3. The van der Waals surface area contributed by atoms with E-state index in [2.05, 4.69) is 19.6 Å². The monoisotopic (exact) mass is 302 g/mol. The Morgan fingerprint density at radius 3 is 2.27 bits per heavy atom. The first-order valence-electron chi connectivity index (χ1n) is 7.30. The summed E-state index contributed by atoms with van der Waals surface area (Å²) in [6, 6.07) is 7.82. The van der Waals surface area contributed by atoms with Gasteiger partial charge in [-0.15, -0.1) is 5.73 Å². The van der Waals surface area contributed by atoms with Gasteiger partial charge in [0.15, 0.2) is 6.10 Å². The lowest BCUT2D eigenvalue weighted by Crippen LogP contribution is -2.06. The van der Waals surface area contributed by atoms with Gasteiger partial charge in [0.05, 0.1) is 12.7 Å². The van der Waals surface area contributed by atoms with Crippen LogP contribution in [0, 0.1) is 0 Å². The van der Waals surface area contributed by atoms with E-state index >= 15 is 0 Å². The zero-order valence-corrected chi connectivity index (χ0v) is 13.5. The number of hydrogen-bond acceptors (Lipinski definition) is 4. The summed E-state index contributed by atoms with van der Waals surface area (Å²) in [6.07, 6.45) is 2.13. The molecule has 0 aliphatic heterocycles. The van der Waals surface area contributed by atoms with E-state index in [1.807, 2.05) is 24.3 Å². The van der Waals surface area contributed by atoms with Crippen molar-refractivity contribution in [2.45, 2.75) is 39.7 Å². The van der Waals surface area contributed by atoms with Crippen molar-refractivity contribution in [1.82, 2.24) is 0 Å². The molecule has 0 spiro atoms. The lowest BCUT2D eigenvalue weighted by molar-refractivity contribution is -0.144. The first-order chi connectivity index (χ1) is 10.4. The van der Waals surface area contributed by atoms with Crippen LogP contribution in [0.4, 0.5) is 0 Å². The van der Waals surface area contributed by atoms with Gasteiger partial charge in [0.25, 0.3) is 0 Å². The van der Waals surface area contributed by atoms with Crippen molar-refractivity contribution in [2.75, 3.05) is 6.61 Å².